The summed E-state index contributed by atoms with van der Waals surface area (Å²) in [4.78, 5) is 18.7. The second-order valence-corrected chi connectivity index (χ2v) is 6.18. The molecule has 0 spiro atoms. The van der Waals surface area contributed by atoms with E-state index in [2.05, 4.69) is 9.98 Å². The second-order valence-electron chi connectivity index (χ2n) is 5.77. The highest BCUT2D eigenvalue weighted by Gasteiger charge is 2.19. The van der Waals surface area contributed by atoms with Gasteiger partial charge in [0.15, 0.2) is 17.2 Å². The number of nitrogens with zero attached hydrogens (tertiary/aromatic N) is 3. The van der Waals surface area contributed by atoms with Crippen LogP contribution < -0.4 is 14.2 Å². The van der Waals surface area contributed by atoms with E-state index in [0.29, 0.717) is 22.8 Å². The van der Waals surface area contributed by atoms with E-state index in [1.165, 1.54) is 45.7 Å². The molecule has 0 radical (unpaired) electrons. The molecule has 0 saturated heterocycles. The van der Waals surface area contributed by atoms with Crippen molar-refractivity contribution in [1.29, 1.82) is 0 Å². The van der Waals surface area contributed by atoms with Gasteiger partial charge in [-0.05, 0) is 24.3 Å². The minimum Gasteiger partial charge on any atom is -0.493 e. The molecule has 11 heteroatoms. The molecule has 0 unspecified atom stereocenters. The lowest BCUT2D eigenvalue weighted by Crippen LogP contribution is -1.95. The normalized spacial score (nSPS) is 10.9. The fraction of sp³-hybridized carbons (Fsp3) is 0.158. The summed E-state index contributed by atoms with van der Waals surface area (Å²) in [6.45, 7) is 0. The van der Waals surface area contributed by atoms with Gasteiger partial charge in [-0.15, -0.1) is 0 Å². The summed E-state index contributed by atoms with van der Waals surface area (Å²) in [5, 5.41) is 21.1. The lowest BCUT2D eigenvalue weighted by atomic mass is 10.2. The van der Waals surface area contributed by atoms with Gasteiger partial charge in [-0.1, -0.05) is 11.6 Å². The van der Waals surface area contributed by atoms with Crippen LogP contribution in [0, 0.1) is 10.1 Å². The second kappa shape index (κ2) is 8.70. The molecule has 1 N–H and O–H groups in total. The van der Waals surface area contributed by atoms with Crippen molar-refractivity contribution in [3.63, 3.8) is 0 Å². The molecule has 30 heavy (non-hydrogen) atoms. The molecule has 156 valence electrons. The summed E-state index contributed by atoms with van der Waals surface area (Å²) in [6.07, 6.45) is 1.22. The Balaban J connectivity index is 1.96. The highest BCUT2D eigenvalue weighted by molar-refractivity contribution is 6.32. The number of rotatable bonds is 7. The molecule has 0 aliphatic carbocycles. The molecule has 0 aliphatic heterocycles. The van der Waals surface area contributed by atoms with Crippen molar-refractivity contribution in [3.8, 4) is 34.6 Å². The Kier molecular flexibility index (Phi) is 6.07. The molecule has 0 saturated carbocycles. The maximum Gasteiger partial charge on any atom is 0.312 e. The van der Waals surface area contributed by atoms with Gasteiger partial charge in [0.05, 0.1) is 38.2 Å². The first-order chi connectivity index (χ1) is 14.4. The third-order valence-corrected chi connectivity index (χ3v) is 4.33. The van der Waals surface area contributed by atoms with E-state index in [-0.39, 0.29) is 28.0 Å². The first-order valence-corrected chi connectivity index (χ1v) is 8.74. The lowest BCUT2D eigenvalue weighted by molar-refractivity contribution is -0.384. The van der Waals surface area contributed by atoms with Crippen molar-refractivity contribution in [2.24, 2.45) is 4.99 Å². The van der Waals surface area contributed by atoms with Crippen molar-refractivity contribution in [3.05, 3.63) is 51.2 Å². The Bertz CT molecular complexity index is 1100. The van der Waals surface area contributed by atoms with Gasteiger partial charge in [-0.3, -0.25) is 15.1 Å². The van der Waals surface area contributed by atoms with Crippen molar-refractivity contribution in [1.82, 2.24) is 4.98 Å². The highest BCUT2D eigenvalue weighted by atomic mass is 35.5. The fourth-order valence-electron chi connectivity index (χ4n) is 2.59. The number of benzene rings is 2. The Morgan fingerprint density at radius 2 is 1.83 bits per heavy atom. The van der Waals surface area contributed by atoms with Crippen LogP contribution in [0.2, 0.25) is 5.02 Å². The monoisotopic (exact) mass is 433 g/mol. The molecule has 3 rings (SSSR count). The van der Waals surface area contributed by atoms with Gasteiger partial charge < -0.3 is 23.7 Å². The van der Waals surface area contributed by atoms with Gasteiger partial charge in [0.25, 0.3) is 5.69 Å². The van der Waals surface area contributed by atoms with E-state index in [0.717, 1.165) is 0 Å². The number of hydrogen-bond acceptors (Lipinski definition) is 9. The molecule has 3 aromatic rings. The lowest BCUT2D eigenvalue weighted by Gasteiger charge is -2.12. The van der Waals surface area contributed by atoms with E-state index in [1.807, 2.05) is 0 Å². The maximum absolute atomic E-state index is 11.0. The number of aromatic nitrogens is 1. The number of ether oxygens (including phenoxy) is 3. The third kappa shape index (κ3) is 4.13. The summed E-state index contributed by atoms with van der Waals surface area (Å²) >= 11 is 5.79. The van der Waals surface area contributed by atoms with Crippen molar-refractivity contribution in [2.45, 2.75) is 0 Å². The highest BCUT2D eigenvalue weighted by Crippen LogP contribution is 2.41. The Labute approximate surface area is 175 Å². The van der Waals surface area contributed by atoms with Gasteiger partial charge >= 0.3 is 5.95 Å². The van der Waals surface area contributed by atoms with Crippen LogP contribution in [-0.4, -0.2) is 42.6 Å². The molecule has 0 fully saturated rings. The Morgan fingerprint density at radius 1 is 1.17 bits per heavy atom. The van der Waals surface area contributed by atoms with Crippen LogP contribution in [0.5, 0.6) is 23.2 Å². The molecule has 0 bridgehead atoms. The largest absolute Gasteiger partial charge is 0.493 e. The minimum absolute atomic E-state index is 0.00656. The van der Waals surface area contributed by atoms with Crippen molar-refractivity contribution in [2.75, 3.05) is 21.3 Å². The topological polar surface area (TPSA) is 129 Å². The molecule has 1 aromatic heterocycles. The van der Waals surface area contributed by atoms with Crippen molar-refractivity contribution < 1.29 is 28.7 Å². The molecule has 2 aromatic carbocycles. The maximum atomic E-state index is 11.0. The van der Waals surface area contributed by atoms with Crippen LogP contribution in [0.3, 0.4) is 0 Å². The van der Waals surface area contributed by atoms with E-state index in [9.17, 15) is 15.2 Å². The van der Waals surface area contributed by atoms with E-state index in [1.54, 1.807) is 12.1 Å². The van der Waals surface area contributed by atoms with Gasteiger partial charge in [-0.25, -0.2) is 4.98 Å². The van der Waals surface area contributed by atoms with Crippen LogP contribution in [0.1, 0.15) is 5.69 Å². The molecular weight excluding hydrogens is 418 g/mol. The summed E-state index contributed by atoms with van der Waals surface area (Å²) < 4.78 is 21.2. The Hall–Kier alpha value is -3.79. The third-order valence-electron chi connectivity index (χ3n) is 4.01. The van der Waals surface area contributed by atoms with E-state index in [4.69, 9.17) is 30.2 Å². The molecule has 1 heterocycles. The van der Waals surface area contributed by atoms with Gasteiger partial charge in [-0.2, -0.15) is 0 Å². The summed E-state index contributed by atoms with van der Waals surface area (Å²) in [6, 6.07) is 7.27. The number of nitro groups is 1. The average Bonchev–Trinajstić information content (AvgIpc) is 3.12. The molecule has 0 atom stereocenters. The summed E-state index contributed by atoms with van der Waals surface area (Å²) in [5.41, 5.74) is 0.453. The van der Waals surface area contributed by atoms with Crippen LogP contribution in [0.15, 0.2) is 39.7 Å². The van der Waals surface area contributed by atoms with Crippen molar-refractivity contribution >= 4 is 29.2 Å². The SMILES string of the molecule is COc1cc(-c2nc(C=Nc3ccc(Cl)c([N+](=O)[O-])c3)c(O)o2)cc(OC)c1OC. The average molecular weight is 434 g/mol. The van der Waals surface area contributed by atoms with Crippen LogP contribution in [0.25, 0.3) is 11.5 Å². The quantitative estimate of drug-likeness (QED) is 0.330. The van der Waals surface area contributed by atoms with E-state index < -0.39 is 10.9 Å². The molecule has 0 amide bonds. The standard InChI is InChI=1S/C19H16ClN3O7/c1-27-15-6-10(7-16(28-2)17(15)29-3)18-22-13(19(24)30-18)9-21-11-4-5-12(20)14(8-11)23(25)26/h4-9,24H,1-3H3. The molecular formula is C19H16ClN3O7. The number of halogens is 1. The van der Waals surface area contributed by atoms with Gasteiger partial charge in [0.1, 0.15) is 5.02 Å². The zero-order valence-corrected chi connectivity index (χ0v) is 16.8. The van der Waals surface area contributed by atoms with Gasteiger partial charge in [0.2, 0.25) is 11.6 Å². The molecule has 0 aliphatic rings. The predicted octanol–water partition coefficient (Wildman–Crippen LogP) is 4.39. The summed E-state index contributed by atoms with van der Waals surface area (Å²) in [5.74, 6) is 0.758. The first-order valence-electron chi connectivity index (χ1n) is 8.36. The molecule has 10 nitrogen and oxygen atoms in total. The van der Waals surface area contributed by atoms with E-state index >= 15 is 0 Å². The summed E-state index contributed by atoms with van der Waals surface area (Å²) in [7, 11) is 4.42. The number of nitro benzene ring substituents is 1. The number of methoxy groups -OCH3 is 3. The number of aliphatic imine (C=N–C) groups is 1. The smallest absolute Gasteiger partial charge is 0.312 e. The predicted molar refractivity (Wildman–Crippen MR) is 109 cm³/mol. The van der Waals surface area contributed by atoms with Gasteiger partial charge in [0, 0.05) is 11.6 Å². The first kappa shape index (κ1) is 20.9. The van der Waals surface area contributed by atoms with Crippen LogP contribution in [0.4, 0.5) is 11.4 Å². The van der Waals surface area contributed by atoms with Crippen LogP contribution >= 0.6 is 11.6 Å². The van der Waals surface area contributed by atoms with Crippen LogP contribution in [-0.2, 0) is 0 Å². The fourth-order valence-corrected chi connectivity index (χ4v) is 2.78. The number of hydrogen-bond donors (Lipinski definition) is 1. The number of aromatic hydroxyl groups is 1. The minimum atomic E-state index is -0.614. The number of oxazole rings is 1. The zero-order chi connectivity index (χ0) is 21.8. The zero-order valence-electron chi connectivity index (χ0n) is 16.1. The Morgan fingerprint density at radius 3 is 2.40 bits per heavy atom.